The van der Waals surface area contributed by atoms with Gasteiger partial charge in [-0.1, -0.05) is 85.6 Å². The van der Waals surface area contributed by atoms with Crippen LogP contribution in [0.2, 0.25) is 10.0 Å². The number of hydrogen-bond donors (Lipinski definition) is 3. The molecule has 0 bridgehead atoms. The van der Waals surface area contributed by atoms with Gasteiger partial charge < -0.3 is 21.7 Å². The molecular formula is C34H47Cl2N5O. The summed E-state index contributed by atoms with van der Waals surface area (Å²) in [4.78, 5) is 18.6. The van der Waals surface area contributed by atoms with Crippen molar-refractivity contribution in [3.05, 3.63) is 81.8 Å². The monoisotopic (exact) mass is 611 g/mol. The van der Waals surface area contributed by atoms with Gasteiger partial charge in [0.15, 0.2) is 0 Å². The van der Waals surface area contributed by atoms with Gasteiger partial charge in [0.25, 0.3) is 0 Å². The Morgan fingerprint density at radius 3 is 2.52 bits per heavy atom. The maximum absolute atomic E-state index is 13.9. The van der Waals surface area contributed by atoms with Gasteiger partial charge in [0.2, 0.25) is 5.91 Å². The second kappa shape index (κ2) is 16.0. The molecule has 3 atom stereocenters. The van der Waals surface area contributed by atoms with Gasteiger partial charge in [-0.15, -0.1) is 0 Å². The molecule has 0 radical (unpaired) electrons. The summed E-state index contributed by atoms with van der Waals surface area (Å²) in [6, 6.07) is 20.6. The maximum atomic E-state index is 13.9. The molecule has 0 unspecified atom stereocenters. The van der Waals surface area contributed by atoms with Gasteiger partial charge >= 0.3 is 0 Å². The zero-order valence-electron chi connectivity index (χ0n) is 25.1. The number of amides is 1. The first-order valence-corrected chi connectivity index (χ1v) is 16.1. The molecule has 1 saturated heterocycles. The molecule has 228 valence electrons. The van der Waals surface area contributed by atoms with Gasteiger partial charge in [0.1, 0.15) is 0 Å². The number of fused-ring (bicyclic) bond motifs is 1. The molecule has 1 aliphatic heterocycles. The van der Waals surface area contributed by atoms with Crippen molar-refractivity contribution >= 4 is 39.9 Å². The Kier molecular flexibility index (Phi) is 12.5. The lowest BCUT2D eigenvalue weighted by molar-refractivity contribution is -0.138. The van der Waals surface area contributed by atoms with E-state index in [0.29, 0.717) is 35.3 Å². The Balaban J connectivity index is 1.50. The number of carbonyl (C=O) groups is 1. The van der Waals surface area contributed by atoms with Crippen molar-refractivity contribution in [2.75, 3.05) is 39.3 Å². The van der Waals surface area contributed by atoms with Crippen LogP contribution in [0.25, 0.3) is 10.8 Å². The van der Waals surface area contributed by atoms with Gasteiger partial charge in [-0.2, -0.15) is 0 Å². The number of hydrogen-bond acceptors (Lipinski definition) is 5. The average Bonchev–Trinajstić information content (AvgIpc) is 2.95. The summed E-state index contributed by atoms with van der Waals surface area (Å²) >= 11 is 12.6. The molecular weight excluding hydrogens is 565 g/mol. The van der Waals surface area contributed by atoms with Crippen molar-refractivity contribution in [1.29, 1.82) is 0 Å². The van der Waals surface area contributed by atoms with E-state index in [9.17, 15) is 4.79 Å². The minimum absolute atomic E-state index is 0.0823. The van der Waals surface area contributed by atoms with Gasteiger partial charge in [0.05, 0.1) is 6.42 Å². The van der Waals surface area contributed by atoms with Crippen molar-refractivity contribution in [2.24, 2.45) is 17.4 Å². The fourth-order valence-electron chi connectivity index (χ4n) is 6.21. The fourth-order valence-corrected chi connectivity index (χ4v) is 6.69. The van der Waals surface area contributed by atoms with Crippen LogP contribution in [-0.4, -0.2) is 73.1 Å². The van der Waals surface area contributed by atoms with E-state index in [4.69, 9.17) is 34.7 Å². The zero-order chi connectivity index (χ0) is 30.1. The van der Waals surface area contributed by atoms with Crippen LogP contribution in [0.15, 0.2) is 60.7 Å². The number of rotatable bonds is 14. The molecule has 0 spiro atoms. The molecule has 1 amide bonds. The predicted molar refractivity (Wildman–Crippen MR) is 177 cm³/mol. The third-order valence-electron chi connectivity index (χ3n) is 8.22. The van der Waals surface area contributed by atoms with E-state index < -0.39 is 0 Å². The molecule has 8 heteroatoms. The lowest BCUT2D eigenvalue weighted by Crippen LogP contribution is -2.62. The number of nitrogens with two attached hydrogens (primary N) is 2. The highest BCUT2D eigenvalue weighted by molar-refractivity contribution is 6.35. The second-order valence-electron chi connectivity index (χ2n) is 12.2. The van der Waals surface area contributed by atoms with Crippen molar-refractivity contribution in [2.45, 2.75) is 64.1 Å². The fraction of sp³-hybridized carbons (Fsp3) is 0.500. The zero-order valence-corrected chi connectivity index (χ0v) is 26.6. The molecule has 1 fully saturated rings. The molecule has 42 heavy (non-hydrogen) atoms. The molecule has 5 N–H and O–H groups in total. The van der Waals surface area contributed by atoms with E-state index in [1.165, 1.54) is 10.8 Å². The van der Waals surface area contributed by atoms with E-state index in [1.807, 2.05) is 24.3 Å². The van der Waals surface area contributed by atoms with Crippen LogP contribution < -0.4 is 16.8 Å². The molecule has 4 rings (SSSR count). The summed E-state index contributed by atoms with van der Waals surface area (Å²) in [7, 11) is 0. The van der Waals surface area contributed by atoms with Crippen LogP contribution in [0.4, 0.5) is 0 Å². The van der Waals surface area contributed by atoms with Crippen molar-refractivity contribution in [1.82, 2.24) is 15.1 Å². The Hall–Kier alpha value is -2.19. The molecule has 3 aromatic carbocycles. The van der Waals surface area contributed by atoms with Crippen LogP contribution in [0, 0.1) is 5.92 Å². The smallest absolute Gasteiger partial charge is 0.227 e. The van der Waals surface area contributed by atoms with Gasteiger partial charge in [0, 0.05) is 60.9 Å². The van der Waals surface area contributed by atoms with E-state index >= 15 is 0 Å². The third-order valence-corrected chi connectivity index (χ3v) is 8.81. The number of piperazine rings is 1. The summed E-state index contributed by atoms with van der Waals surface area (Å²) in [6.07, 6.45) is 4.06. The molecule has 6 nitrogen and oxygen atoms in total. The number of benzene rings is 3. The minimum Gasteiger partial charge on any atom is -0.337 e. The average molecular weight is 613 g/mol. The standard InChI is InChI=1S/C34H47Cl2N5O/c1-24(2)16-32-22-40(21-30(38)19-28-11-12-29(35)20-33(28)36)31(8-5-14-39-15-13-37)23-41(32)34(42)18-25-9-10-26-6-3-4-7-27(26)17-25/h3-4,6-7,9-12,17,20,24,30-32,39H,5,8,13-16,18-19,21-23,37-38H2,1-2H3/t30-,31-,32+/m0/s1. The molecule has 0 aromatic heterocycles. The SMILES string of the molecule is CC(C)C[C@@H]1CN(C[C@@H](N)Cc2ccc(Cl)cc2Cl)[C@@H](CCCNCCN)CN1C(=O)Cc1ccc2ccccc2c1. The highest BCUT2D eigenvalue weighted by Gasteiger charge is 2.36. The summed E-state index contributed by atoms with van der Waals surface area (Å²) in [5.74, 6) is 0.686. The van der Waals surface area contributed by atoms with Gasteiger partial charge in [-0.25, -0.2) is 0 Å². The molecule has 1 heterocycles. The quantitative estimate of drug-likeness (QED) is 0.209. The van der Waals surface area contributed by atoms with Crippen LogP contribution in [0.5, 0.6) is 0 Å². The minimum atomic E-state index is -0.0823. The number of nitrogens with one attached hydrogen (secondary N) is 1. The Bertz CT molecular complexity index is 1300. The molecule has 0 saturated carbocycles. The van der Waals surface area contributed by atoms with E-state index in [1.54, 1.807) is 6.07 Å². The van der Waals surface area contributed by atoms with E-state index in [0.717, 1.165) is 63.1 Å². The first kappa shape index (κ1) is 32.7. The summed E-state index contributed by atoms with van der Waals surface area (Å²) in [5, 5.41) is 7.06. The van der Waals surface area contributed by atoms with Gasteiger partial charge in [-0.05, 0) is 72.2 Å². The highest BCUT2D eigenvalue weighted by atomic mass is 35.5. The van der Waals surface area contributed by atoms with Crippen LogP contribution >= 0.6 is 23.2 Å². The van der Waals surface area contributed by atoms with E-state index in [2.05, 4.69) is 59.3 Å². The molecule has 3 aromatic rings. The predicted octanol–water partition coefficient (Wildman–Crippen LogP) is 5.52. The van der Waals surface area contributed by atoms with Crippen LogP contribution in [0.1, 0.15) is 44.2 Å². The lowest BCUT2D eigenvalue weighted by Gasteiger charge is -2.48. The summed E-state index contributed by atoms with van der Waals surface area (Å²) in [6.45, 7) is 9.12. The van der Waals surface area contributed by atoms with Crippen molar-refractivity contribution < 1.29 is 4.79 Å². The summed E-state index contributed by atoms with van der Waals surface area (Å²) < 4.78 is 0. The first-order valence-electron chi connectivity index (χ1n) is 15.3. The largest absolute Gasteiger partial charge is 0.337 e. The first-order chi connectivity index (χ1) is 20.2. The summed E-state index contributed by atoms with van der Waals surface area (Å²) in [5.41, 5.74) is 14.5. The second-order valence-corrected chi connectivity index (χ2v) is 13.0. The van der Waals surface area contributed by atoms with Crippen molar-refractivity contribution in [3.8, 4) is 0 Å². The van der Waals surface area contributed by atoms with Crippen LogP contribution in [0.3, 0.4) is 0 Å². The third kappa shape index (κ3) is 9.40. The van der Waals surface area contributed by atoms with Crippen molar-refractivity contribution in [3.63, 3.8) is 0 Å². The highest BCUT2D eigenvalue weighted by Crippen LogP contribution is 2.27. The normalized spacial score (nSPS) is 18.6. The molecule has 1 aliphatic rings. The lowest BCUT2D eigenvalue weighted by atomic mass is 9.94. The Morgan fingerprint density at radius 1 is 1.00 bits per heavy atom. The van der Waals surface area contributed by atoms with Crippen LogP contribution in [-0.2, 0) is 17.6 Å². The number of halogens is 2. The number of nitrogens with zero attached hydrogens (tertiary/aromatic N) is 2. The topological polar surface area (TPSA) is 87.6 Å². The van der Waals surface area contributed by atoms with Gasteiger partial charge in [-0.3, -0.25) is 9.69 Å². The Morgan fingerprint density at radius 2 is 1.79 bits per heavy atom. The van der Waals surface area contributed by atoms with E-state index in [-0.39, 0.29) is 24.0 Å². The number of carbonyl (C=O) groups excluding carboxylic acids is 1. The Labute approximate surface area is 261 Å². The maximum Gasteiger partial charge on any atom is 0.227 e. The molecule has 0 aliphatic carbocycles.